The van der Waals surface area contributed by atoms with Crippen LogP contribution in [-0.2, 0) is 9.59 Å². The fourth-order valence-electron chi connectivity index (χ4n) is 3.04. The van der Waals surface area contributed by atoms with Crippen LogP contribution in [0.2, 0.25) is 0 Å². The van der Waals surface area contributed by atoms with Crippen LogP contribution in [0.25, 0.3) is 0 Å². The van der Waals surface area contributed by atoms with Crippen LogP contribution in [0.4, 0.5) is 0 Å². The van der Waals surface area contributed by atoms with Gasteiger partial charge >= 0.3 is 5.97 Å². The number of nitrogens with one attached hydrogen (secondary N) is 1. The van der Waals surface area contributed by atoms with E-state index in [1.807, 2.05) is 6.92 Å². The smallest absolute Gasteiger partial charge is 0.341 e. The number of carboxylic acids is 1. The van der Waals surface area contributed by atoms with Crippen molar-refractivity contribution in [3.63, 3.8) is 0 Å². The van der Waals surface area contributed by atoms with Gasteiger partial charge in [0.2, 0.25) is 5.91 Å². The summed E-state index contributed by atoms with van der Waals surface area (Å²) in [4.78, 5) is 36.7. The molecular weight excluding hydrogens is 336 g/mol. The molecule has 1 aliphatic rings. The maximum Gasteiger partial charge on any atom is 0.341 e. The quantitative estimate of drug-likeness (QED) is 0.736. The van der Waals surface area contributed by atoms with Crippen molar-refractivity contribution < 1.29 is 24.2 Å². The van der Waals surface area contributed by atoms with Crippen LogP contribution < -0.4 is 10.1 Å². The van der Waals surface area contributed by atoms with Gasteiger partial charge in [0.1, 0.15) is 5.75 Å². The molecule has 7 heteroatoms. The highest BCUT2D eigenvalue weighted by molar-refractivity contribution is 5.94. The van der Waals surface area contributed by atoms with E-state index in [1.54, 1.807) is 29.2 Å². The number of rotatable bonds is 8. The summed E-state index contributed by atoms with van der Waals surface area (Å²) >= 11 is 0. The Balaban J connectivity index is 1.92. The molecule has 0 aromatic heterocycles. The first-order valence-electron chi connectivity index (χ1n) is 9.00. The number of carbonyl (C=O) groups excluding carboxylic acids is 2. The molecule has 1 aromatic rings. The second kappa shape index (κ2) is 9.79. The Morgan fingerprint density at radius 1 is 1.35 bits per heavy atom. The SMILES string of the molecule is CCCC(=O)NCC1CCCN(C(=O)c2cccc(OCC(=O)O)c2)C1. The minimum atomic E-state index is -1.06. The summed E-state index contributed by atoms with van der Waals surface area (Å²) in [5, 5.41) is 11.6. The Labute approximate surface area is 153 Å². The number of carbonyl (C=O) groups is 3. The lowest BCUT2D eigenvalue weighted by Crippen LogP contribution is -2.43. The summed E-state index contributed by atoms with van der Waals surface area (Å²) in [5.74, 6) is -0.501. The monoisotopic (exact) mass is 362 g/mol. The molecule has 0 radical (unpaired) electrons. The topological polar surface area (TPSA) is 95.9 Å². The van der Waals surface area contributed by atoms with Crippen molar-refractivity contribution in [1.82, 2.24) is 10.2 Å². The van der Waals surface area contributed by atoms with Gasteiger partial charge in [0.05, 0.1) is 0 Å². The Bertz CT molecular complexity index is 647. The average Bonchev–Trinajstić information content (AvgIpc) is 2.65. The predicted octanol–water partition coefficient (Wildman–Crippen LogP) is 1.92. The maximum atomic E-state index is 12.7. The zero-order chi connectivity index (χ0) is 18.9. The number of ether oxygens (including phenoxy) is 1. The lowest BCUT2D eigenvalue weighted by molar-refractivity contribution is -0.139. The predicted molar refractivity (Wildman–Crippen MR) is 96.1 cm³/mol. The number of nitrogens with zero attached hydrogens (tertiary/aromatic N) is 1. The van der Waals surface area contributed by atoms with E-state index in [0.29, 0.717) is 37.4 Å². The van der Waals surface area contributed by atoms with Gasteiger partial charge in [-0.25, -0.2) is 4.79 Å². The number of piperidine rings is 1. The molecule has 1 unspecified atom stereocenters. The average molecular weight is 362 g/mol. The van der Waals surface area contributed by atoms with E-state index < -0.39 is 12.6 Å². The highest BCUT2D eigenvalue weighted by atomic mass is 16.5. The van der Waals surface area contributed by atoms with Crippen molar-refractivity contribution in [2.75, 3.05) is 26.2 Å². The zero-order valence-corrected chi connectivity index (χ0v) is 15.1. The van der Waals surface area contributed by atoms with E-state index in [4.69, 9.17) is 9.84 Å². The Morgan fingerprint density at radius 3 is 2.88 bits per heavy atom. The minimum Gasteiger partial charge on any atom is -0.482 e. The second-order valence-electron chi connectivity index (χ2n) is 6.52. The third-order valence-electron chi connectivity index (χ3n) is 4.31. The van der Waals surface area contributed by atoms with E-state index in [-0.39, 0.29) is 17.7 Å². The van der Waals surface area contributed by atoms with E-state index >= 15 is 0 Å². The largest absolute Gasteiger partial charge is 0.482 e. The number of amides is 2. The van der Waals surface area contributed by atoms with Gasteiger partial charge in [-0.3, -0.25) is 9.59 Å². The summed E-state index contributed by atoms with van der Waals surface area (Å²) in [6.45, 7) is 3.39. The first-order valence-corrected chi connectivity index (χ1v) is 9.00. The molecule has 1 aliphatic heterocycles. The molecular formula is C19H26N2O5. The third-order valence-corrected chi connectivity index (χ3v) is 4.31. The fourth-order valence-corrected chi connectivity index (χ4v) is 3.04. The summed E-state index contributed by atoms with van der Waals surface area (Å²) in [5.41, 5.74) is 0.476. The molecule has 1 saturated heterocycles. The highest BCUT2D eigenvalue weighted by Crippen LogP contribution is 2.20. The summed E-state index contributed by atoms with van der Waals surface area (Å²) in [6.07, 6.45) is 3.23. The van der Waals surface area contributed by atoms with E-state index in [0.717, 1.165) is 19.3 Å². The molecule has 1 fully saturated rings. The maximum absolute atomic E-state index is 12.7. The number of hydrogen-bond acceptors (Lipinski definition) is 4. The standard InChI is InChI=1S/C19H26N2O5/c1-2-5-17(22)20-11-14-6-4-9-21(12-14)19(25)15-7-3-8-16(10-15)26-13-18(23)24/h3,7-8,10,14H,2,4-6,9,11-13H2,1H3,(H,20,22)(H,23,24). The van der Waals surface area contributed by atoms with Crippen molar-refractivity contribution in [1.29, 1.82) is 0 Å². The zero-order valence-electron chi connectivity index (χ0n) is 15.1. The Morgan fingerprint density at radius 2 is 2.15 bits per heavy atom. The number of hydrogen-bond donors (Lipinski definition) is 2. The third kappa shape index (κ3) is 6.06. The lowest BCUT2D eigenvalue weighted by atomic mass is 9.97. The molecule has 0 spiro atoms. The lowest BCUT2D eigenvalue weighted by Gasteiger charge is -2.33. The van der Waals surface area contributed by atoms with Gasteiger partial charge < -0.3 is 20.1 Å². The van der Waals surface area contributed by atoms with Crippen molar-refractivity contribution in [3.05, 3.63) is 29.8 Å². The van der Waals surface area contributed by atoms with Crippen molar-refractivity contribution in [2.24, 2.45) is 5.92 Å². The molecule has 1 heterocycles. The molecule has 2 N–H and O–H groups in total. The summed E-state index contributed by atoms with van der Waals surface area (Å²) in [7, 11) is 0. The van der Waals surface area contributed by atoms with Crippen LogP contribution >= 0.6 is 0 Å². The van der Waals surface area contributed by atoms with Gasteiger partial charge in [-0.2, -0.15) is 0 Å². The van der Waals surface area contributed by atoms with E-state index in [9.17, 15) is 14.4 Å². The molecule has 0 saturated carbocycles. The van der Waals surface area contributed by atoms with Gasteiger partial charge in [-0.05, 0) is 43.4 Å². The van der Waals surface area contributed by atoms with Crippen molar-refractivity contribution in [2.45, 2.75) is 32.6 Å². The molecule has 0 aliphatic carbocycles. The minimum absolute atomic E-state index is 0.0548. The van der Waals surface area contributed by atoms with Gasteiger partial charge in [0.15, 0.2) is 6.61 Å². The van der Waals surface area contributed by atoms with Gasteiger partial charge in [0.25, 0.3) is 5.91 Å². The van der Waals surface area contributed by atoms with Gasteiger partial charge in [0, 0.05) is 31.6 Å². The molecule has 2 rings (SSSR count). The van der Waals surface area contributed by atoms with Crippen molar-refractivity contribution >= 4 is 17.8 Å². The van der Waals surface area contributed by atoms with Crippen LogP contribution in [0.15, 0.2) is 24.3 Å². The van der Waals surface area contributed by atoms with Gasteiger partial charge in [-0.15, -0.1) is 0 Å². The van der Waals surface area contributed by atoms with Gasteiger partial charge in [-0.1, -0.05) is 13.0 Å². The molecule has 2 amide bonds. The number of likely N-dealkylation sites (tertiary alicyclic amines) is 1. The molecule has 142 valence electrons. The number of carboxylic acid groups (broad SMARTS) is 1. The first-order chi connectivity index (χ1) is 12.5. The molecule has 1 aromatic carbocycles. The number of aliphatic carboxylic acids is 1. The van der Waals surface area contributed by atoms with Crippen LogP contribution in [0.3, 0.4) is 0 Å². The first kappa shape index (κ1) is 19.8. The van der Waals surface area contributed by atoms with E-state index in [2.05, 4.69) is 5.32 Å². The highest BCUT2D eigenvalue weighted by Gasteiger charge is 2.25. The van der Waals surface area contributed by atoms with Crippen LogP contribution in [0.5, 0.6) is 5.75 Å². The second-order valence-corrected chi connectivity index (χ2v) is 6.52. The molecule has 1 atom stereocenters. The van der Waals surface area contributed by atoms with Crippen LogP contribution in [-0.4, -0.2) is 54.0 Å². The van der Waals surface area contributed by atoms with Crippen LogP contribution in [0, 0.1) is 5.92 Å². The molecule has 7 nitrogen and oxygen atoms in total. The normalized spacial score (nSPS) is 16.8. The summed E-state index contributed by atoms with van der Waals surface area (Å²) < 4.78 is 5.14. The van der Waals surface area contributed by atoms with E-state index in [1.165, 1.54) is 0 Å². The Hall–Kier alpha value is -2.57. The summed E-state index contributed by atoms with van der Waals surface area (Å²) in [6, 6.07) is 6.57. The molecule has 0 bridgehead atoms. The van der Waals surface area contributed by atoms with Crippen LogP contribution in [0.1, 0.15) is 43.0 Å². The Kier molecular flexibility index (Phi) is 7.44. The molecule has 26 heavy (non-hydrogen) atoms. The fraction of sp³-hybridized carbons (Fsp3) is 0.526. The van der Waals surface area contributed by atoms with Crippen molar-refractivity contribution in [3.8, 4) is 5.75 Å². The number of benzene rings is 1.